The minimum atomic E-state index is -1.03. The van der Waals surface area contributed by atoms with E-state index in [1.807, 2.05) is 26.1 Å². The number of hydrogen-bond acceptors (Lipinski definition) is 4. The lowest BCUT2D eigenvalue weighted by Gasteiger charge is -2.18. The van der Waals surface area contributed by atoms with Crippen LogP contribution in [-0.4, -0.2) is 24.0 Å². The Morgan fingerprint density at radius 2 is 1.81 bits per heavy atom. The predicted octanol–water partition coefficient (Wildman–Crippen LogP) is 0.549. The molecule has 0 aromatic carbocycles. The van der Waals surface area contributed by atoms with Gasteiger partial charge in [-0.25, -0.2) is 4.79 Å². The molecule has 0 rings (SSSR count). The SMILES string of the molecule is CC(OC(=O)CC(C)(C)C)C(=O)NC(N)=O. The van der Waals surface area contributed by atoms with Crippen LogP contribution in [0.5, 0.6) is 0 Å². The zero-order valence-corrected chi connectivity index (χ0v) is 9.99. The quantitative estimate of drug-likeness (QED) is 0.691. The first-order valence-electron chi connectivity index (χ1n) is 4.91. The van der Waals surface area contributed by atoms with Crippen LogP contribution in [0.2, 0.25) is 0 Å². The molecule has 0 heterocycles. The van der Waals surface area contributed by atoms with Crippen molar-refractivity contribution in [3.05, 3.63) is 0 Å². The molecule has 0 radical (unpaired) electrons. The van der Waals surface area contributed by atoms with Crippen LogP contribution in [0.3, 0.4) is 0 Å². The molecule has 0 spiro atoms. The van der Waals surface area contributed by atoms with E-state index >= 15 is 0 Å². The Bertz CT molecular complexity index is 294. The molecule has 3 N–H and O–H groups in total. The number of amides is 3. The van der Waals surface area contributed by atoms with Crippen LogP contribution in [0.4, 0.5) is 4.79 Å². The van der Waals surface area contributed by atoms with Crippen LogP contribution in [0.1, 0.15) is 34.1 Å². The fourth-order valence-corrected chi connectivity index (χ4v) is 0.948. The summed E-state index contributed by atoms with van der Waals surface area (Å²) in [5.74, 6) is -1.21. The van der Waals surface area contributed by atoms with Crippen molar-refractivity contribution in [2.24, 2.45) is 11.1 Å². The number of carbonyl (C=O) groups excluding carboxylic acids is 3. The van der Waals surface area contributed by atoms with Crippen LogP contribution >= 0.6 is 0 Å². The highest BCUT2D eigenvalue weighted by atomic mass is 16.5. The molecule has 6 heteroatoms. The minimum absolute atomic E-state index is 0.196. The number of nitrogens with two attached hydrogens (primary N) is 1. The topological polar surface area (TPSA) is 98.5 Å². The van der Waals surface area contributed by atoms with Gasteiger partial charge in [-0.3, -0.25) is 14.9 Å². The molecule has 6 nitrogen and oxygen atoms in total. The largest absolute Gasteiger partial charge is 0.453 e. The molecule has 0 saturated heterocycles. The normalized spacial score (nSPS) is 12.8. The zero-order valence-electron chi connectivity index (χ0n) is 9.99. The number of urea groups is 1. The molecule has 0 aliphatic carbocycles. The molecular formula is C10H18N2O4. The molecule has 1 unspecified atom stereocenters. The van der Waals surface area contributed by atoms with E-state index in [2.05, 4.69) is 0 Å². The summed E-state index contributed by atoms with van der Waals surface area (Å²) in [5.41, 5.74) is 4.54. The number of ether oxygens (including phenoxy) is 1. The summed E-state index contributed by atoms with van der Waals surface area (Å²) in [7, 11) is 0. The average molecular weight is 230 g/mol. The lowest BCUT2D eigenvalue weighted by atomic mass is 9.92. The first-order valence-corrected chi connectivity index (χ1v) is 4.91. The zero-order chi connectivity index (χ0) is 12.9. The third kappa shape index (κ3) is 6.80. The van der Waals surface area contributed by atoms with Crippen molar-refractivity contribution in [2.45, 2.75) is 40.2 Å². The Labute approximate surface area is 94.5 Å². The van der Waals surface area contributed by atoms with Crippen LogP contribution in [0.15, 0.2) is 0 Å². The van der Waals surface area contributed by atoms with Gasteiger partial charge in [0.1, 0.15) is 0 Å². The Kier molecular flexibility index (Phi) is 4.94. The number of esters is 1. The summed E-state index contributed by atoms with van der Waals surface area (Å²) in [6.07, 6.45) is -0.830. The number of nitrogens with one attached hydrogen (secondary N) is 1. The third-order valence-electron chi connectivity index (χ3n) is 1.60. The van der Waals surface area contributed by atoms with Gasteiger partial charge in [-0.1, -0.05) is 20.8 Å². The first kappa shape index (κ1) is 14.4. The Morgan fingerprint density at radius 1 is 1.31 bits per heavy atom. The van der Waals surface area contributed by atoms with Crippen LogP contribution in [-0.2, 0) is 14.3 Å². The highest BCUT2D eigenvalue weighted by molar-refractivity contribution is 5.96. The fourth-order valence-electron chi connectivity index (χ4n) is 0.948. The molecular weight excluding hydrogens is 212 g/mol. The van der Waals surface area contributed by atoms with Gasteiger partial charge >= 0.3 is 12.0 Å². The van der Waals surface area contributed by atoms with E-state index in [0.717, 1.165) is 0 Å². The maximum Gasteiger partial charge on any atom is 0.318 e. The fraction of sp³-hybridized carbons (Fsp3) is 0.700. The Hall–Kier alpha value is -1.59. The van der Waals surface area contributed by atoms with Crippen LogP contribution in [0, 0.1) is 5.41 Å². The summed E-state index contributed by atoms with van der Waals surface area (Å²) in [6.45, 7) is 7.01. The second-order valence-corrected chi connectivity index (χ2v) is 4.72. The summed E-state index contributed by atoms with van der Waals surface area (Å²) < 4.78 is 4.83. The highest BCUT2D eigenvalue weighted by Crippen LogP contribution is 2.19. The molecule has 92 valence electrons. The van der Waals surface area contributed by atoms with Gasteiger partial charge in [-0.2, -0.15) is 0 Å². The summed E-state index contributed by atoms with van der Waals surface area (Å²) in [5, 5.41) is 1.83. The summed E-state index contributed by atoms with van der Waals surface area (Å²) in [4.78, 5) is 32.9. The maximum absolute atomic E-state index is 11.3. The van der Waals surface area contributed by atoms with E-state index in [0.29, 0.717) is 0 Å². The van der Waals surface area contributed by atoms with Crippen molar-refractivity contribution >= 4 is 17.9 Å². The molecule has 0 aromatic rings. The van der Waals surface area contributed by atoms with Crippen LogP contribution in [0.25, 0.3) is 0 Å². The molecule has 0 saturated carbocycles. The van der Waals surface area contributed by atoms with E-state index < -0.39 is 24.0 Å². The van der Waals surface area contributed by atoms with E-state index in [1.54, 1.807) is 0 Å². The number of primary amides is 1. The molecule has 0 fully saturated rings. The van der Waals surface area contributed by atoms with Crippen molar-refractivity contribution in [1.82, 2.24) is 5.32 Å². The molecule has 0 bridgehead atoms. The van der Waals surface area contributed by atoms with Gasteiger partial charge in [-0.15, -0.1) is 0 Å². The van der Waals surface area contributed by atoms with Crippen LogP contribution < -0.4 is 11.1 Å². The number of imide groups is 1. The van der Waals surface area contributed by atoms with Crippen molar-refractivity contribution in [2.75, 3.05) is 0 Å². The van der Waals surface area contributed by atoms with Crippen molar-refractivity contribution in [1.29, 1.82) is 0 Å². The lowest BCUT2D eigenvalue weighted by Crippen LogP contribution is -2.42. The smallest absolute Gasteiger partial charge is 0.318 e. The molecule has 0 aromatic heterocycles. The van der Waals surface area contributed by atoms with Gasteiger partial charge < -0.3 is 10.5 Å². The first-order chi connectivity index (χ1) is 7.11. The summed E-state index contributed by atoms with van der Waals surface area (Å²) >= 11 is 0. The standard InChI is InChI=1S/C10H18N2O4/c1-6(8(14)12-9(11)15)16-7(13)5-10(2,3)4/h6H,5H2,1-4H3,(H3,11,12,14,15). The lowest BCUT2D eigenvalue weighted by molar-refractivity contribution is -0.156. The second kappa shape index (κ2) is 5.48. The third-order valence-corrected chi connectivity index (χ3v) is 1.60. The maximum atomic E-state index is 11.3. The Morgan fingerprint density at radius 3 is 2.19 bits per heavy atom. The van der Waals surface area contributed by atoms with Crippen molar-refractivity contribution in [3.63, 3.8) is 0 Å². The number of hydrogen-bond donors (Lipinski definition) is 2. The minimum Gasteiger partial charge on any atom is -0.453 e. The van der Waals surface area contributed by atoms with Gasteiger partial charge in [0.05, 0.1) is 6.42 Å². The van der Waals surface area contributed by atoms with E-state index in [4.69, 9.17) is 10.5 Å². The highest BCUT2D eigenvalue weighted by Gasteiger charge is 2.22. The Balaban J connectivity index is 4.14. The molecule has 0 aliphatic heterocycles. The van der Waals surface area contributed by atoms with Gasteiger partial charge in [0.15, 0.2) is 6.10 Å². The summed E-state index contributed by atoms with van der Waals surface area (Å²) in [6, 6.07) is -0.969. The van der Waals surface area contributed by atoms with Crippen molar-refractivity contribution < 1.29 is 19.1 Å². The van der Waals surface area contributed by atoms with E-state index in [1.165, 1.54) is 6.92 Å². The predicted molar refractivity (Wildman–Crippen MR) is 57.4 cm³/mol. The second-order valence-electron chi connectivity index (χ2n) is 4.72. The monoisotopic (exact) mass is 230 g/mol. The molecule has 3 amide bonds. The molecule has 16 heavy (non-hydrogen) atoms. The van der Waals surface area contributed by atoms with Gasteiger partial charge in [0.2, 0.25) is 0 Å². The van der Waals surface area contributed by atoms with Gasteiger partial charge in [0.25, 0.3) is 5.91 Å². The molecule has 1 atom stereocenters. The van der Waals surface area contributed by atoms with Gasteiger partial charge in [0, 0.05) is 0 Å². The number of rotatable bonds is 3. The average Bonchev–Trinajstić information content (AvgIpc) is 1.98. The van der Waals surface area contributed by atoms with E-state index in [-0.39, 0.29) is 11.8 Å². The number of carbonyl (C=O) groups is 3. The van der Waals surface area contributed by atoms with Gasteiger partial charge in [-0.05, 0) is 12.3 Å². The van der Waals surface area contributed by atoms with Crippen molar-refractivity contribution in [3.8, 4) is 0 Å². The van der Waals surface area contributed by atoms with E-state index in [9.17, 15) is 14.4 Å². The molecule has 0 aliphatic rings.